The Hall–Kier alpha value is -1.36. The van der Waals surface area contributed by atoms with Crippen LogP contribution in [0.2, 0.25) is 0 Å². The minimum absolute atomic E-state index is 0.101. The lowest BCUT2D eigenvalue weighted by atomic mass is 10.1. The highest BCUT2D eigenvalue weighted by molar-refractivity contribution is 5.95. The Morgan fingerprint density at radius 2 is 2.00 bits per heavy atom. The molecule has 2 heterocycles. The number of likely N-dealkylation sites (N-methyl/N-ethyl adjacent to an activating group) is 1. The molecule has 1 amide bonds. The molecule has 1 fully saturated rings. The van der Waals surface area contributed by atoms with Gasteiger partial charge in [0.25, 0.3) is 5.91 Å². The number of hydrogen-bond donors (Lipinski definition) is 0. The fourth-order valence-electron chi connectivity index (χ4n) is 2.89. The van der Waals surface area contributed by atoms with Crippen LogP contribution in [0, 0.1) is 6.92 Å². The summed E-state index contributed by atoms with van der Waals surface area (Å²) in [6.45, 7) is 13.0. The lowest BCUT2D eigenvalue weighted by Gasteiger charge is -2.38. The second kappa shape index (κ2) is 5.20. The van der Waals surface area contributed by atoms with Crippen LogP contribution in [0.1, 0.15) is 43.7 Å². The molecule has 0 spiro atoms. The third-order valence-electron chi connectivity index (χ3n) is 3.97. The molecule has 112 valence electrons. The standard InChI is InChI=1S/C15H26N4O/c1-11-10-17(6)7-8-18(11)14(20)13-9-16-19(12(13)2)15(3,4)5/h9,11H,7-8,10H2,1-6H3. The number of piperazine rings is 1. The van der Waals surface area contributed by atoms with Crippen LogP contribution < -0.4 is 0 Å². The van der Waals surface area contributed by atoms with Gasteiger partial charge in [0, 0.05) is 31.4 Å². The average Bonchev–Trinajstić information content (AvgIpc) is 2.70. The van der Waals surface area contributed by atoms with E-state index < -0.39 is 0 Å². The Balaban J connectivity index is 2.24. The van der Waals surface area contributed by atoms with Crippen molar-refractivity contribution in [2.75, 3.05) is 26.7 Å². The number of aromatic nitrogens is 2. The average molecular weight is 278 g/mol. The minimum Gasteiger partial charge on any atom is -0.333 e. The first-order valence-electron chi connectivity index (χ1n) is 7.26. The van der Waals surface area contributed by atoms with Gasteiger partial charge in [-0.15, -0.1) is 0 Å². The molecule has 0 aliphatic carbocycles. The van der Waals surface area contributed by atoms with Crippen molar-refractivity contribution in [2.45, 2.75) is 46.2 Å². The molecule has 1 aliphatic heterocycles. The van der Waals surface area contributed by atoms with Crippen LogP contribution >= 0.6 is 0 Å². The maximum atomic E-state index is 12.7. The highest BCUT2D eigenvalue weighted by Gasteiger charge is 2.29. The first-order valence-corrected chi connectivity index (χ1v) is 7.26. The molecule has 2 rings (SSSR count). The van der Waals surface area contributed by atoms with E-state index in [1.54, 1.807) is 6.20 Å². The van der Waals surface area contributed by atoms with Crippen molar-refractivity contribution in [3.8, 4) is 0 Å². The van der Waals surface area contributed by atoms with E-state index >= 15 is 0 Å². The van der Waals surface area contributed by atoms with Crippen molar-refractivity contribution < 1.29 is 4.79 Å². The molecule has 1 saturated heterocycles. The second-order valence-corrected chi connectivity index (χ2v) is 6.84. The van der Waals surface area contributed by atoms with Gasteiger partial charge in [-0.25, -0.2) is 0 Å². The zero-order valence-electron chi connectivity index (χ0n) is 13.5. The molecule has 1 aromatic heterocycles. The molecule has 0 bridgehead atoms. The summed E-state index contributed by atoms with van der Waals surface area (Å²) in [6, 6.07) is 0.249. The van der Waals surface area contributed by atoms with Gasteiger partial charge in [0.05, 0.1) is 17.3 Å². The predicted molar refractivity (Wildman–Crippen MR) is 80.0 cm³/mol. The highest BCUT2D eigenvalue weighted by Crippen LogP contribution is 2.21. The third-order valence-corrected chi connectivity index (χ3v) is 3.97. The van der Waals surface area contributed by atoms with Crippen LogP contribution in [0.5, 0.6) is 0 Å². The fraction of sp³-hybridized carbons (Fsp3) is 0.733. The molecule has 0 aromatic carbocycles. The van der Waals surface area contributed by atoms with E-state index in [1.807, 2.05) is 16.5 Å². The van der Waals surface area contributed by atoms with Crippen molar-refractivity contribution >= 4 is 5.91 Å². The smallest absolute Gasteiger partial charge is 0.257 e. The summed E-state index contributed by atoms with van der Waals surface area (Å²) in [5.41, 5.74) is 1.58. The molecular weight excluding hydrogens is 252 g/mol. The van der Waals surface area contributed by atoms with Gasteiger partial charge in [-0.3, -0.25) is 9.48 Å². The van der Waals surface area contributed by atoms with Crippen LogP contribution in [0.25, 0.3) is 0 Å². The van der Waals surface area contributed by atoms with Gasteiger partial charge in [0.15, 0.2) is 0 Å². The lowest BCUT2D eigenvalue weighted by Crippen LogP contribution is -2.52. The summed E-state index contributed by atoms with van der Waals surface area (Å²) >= 11 is 0. The SMILES string of the molecule is Cc1c(C(=O)N2CCN(C)CC2C)cnn1C(C)(C)C. The van der Waals surface area contributed by atoms with E-state index in [-0.39, 0.29) is 17.5 Å². The summed E-state index contributed by atoms with van der Waals surface area (Å²) in [4.78, 5) is 17.0. The van der Waals surface area contributed by atoms with E-state index in [0.717, 1.165) is 30.9 Å². The van der Waals surface area contributed by atoms with Crippen LogP contribution in [0.4, 0.5) is 0 Å². The summed E-state index contributed by atoms with van der Waals surface area (Å²) in [7, 11) is 2.10. The van der Waals surface area contributed by atoms with E-state index in [1.165, 1.54) is 0 Å². The van der Waals surface area contributed by atoms with Crippen molar-refractivity contribution in [2.24, 2.45) is 0 Å². The number of hydrogen-bond acceptors (Lipinski definition) is 3. The maximum Gasteiger partial charge on any atom is 0.257 e. The molecule has 0 radical (unpaired) electrons. The molecule has 1 unspecified atom stereocenters. The highest BCUT2D eigenvalue weighted by atomic mass is 16.2. The normalized spacial score (nSPS) is 21.3. The van der Waals surface area contributed by atoms with Crippen LogP contribution in [-0.4, -0.2) is 58.2 Å². The van der Waals surface area contributed by atoms with E-state index in [2.05, 4.69) is 44.7 Å². The van der Waals surface area contributed by atoms with Crippen molar-refractivity contribution in [3.05, 3.63) is 17.5 Å². The largest absolute Gasteiger partial charge is 0.333 e. The number of nitrogens with zero attached hydrogens (tertiary/aromatic N) is 4. The summed E-state index contributed by atoms with van der Waals surface area (Å²) in [5.74, 6) is 0.110. The van der Waals surface area contributed by atoms with Crippen molar-refractivity contribution in [1.29, 1.82) is 0 Å². The maximum absolute atomic E-state index is 12.7. The van der Waals surface area contributed by atoms with Gasteiger partial charge in [0.1, 0.15) is 0 Å². The quantitative estimate of drug-likeness (QED) is 0.785. The zero-order chi connectivity index (χ0) is 15.1. The van der Waals surface area contributed by atoms with Gasteiger partial charge < -0.3 is 9.80 Å². The number of amides is 1. The van der Waals surface area contributed by atoms with Gasteiger partial charge in [-0.05, 0) is 41.7 Å². The lowest BCUT2D eigenvalue weighted by molar-refractivity contribution is 0.0532. The van der Waals surface area contributed by atoms with Gasteiger partial charge in [0.2, 0.25) is 0 Å². The Morgan fingerprint density at radius 1 is 1.35 bits per heavy atom. The Bertz CT molecular complexity index is 500. The molecule has 5 heteroatoms. The van der Waals surface area contributed by atoms with Crippen molar-refractivity contribution in [1.82, 2.24) is 19.6 Å². The Morgan fingerprint density at radius 3 is 2.50 bits per heavy atom. The Kier molecular flexibility index (Phi) is 3.91. The van der Waals surface area contributed by atoms with E-state index in [4.69, 9.17) is 0 Å². The van der Waals surface area contributed by atoms with Crippen LogP contribution in [0.3, 0.4) is 0 Å². The molecule has 20 heavy (non-hydrogen) atoms. The molecule has 1 aliphatic rings. The monoisotopic (exact) mass is 278 g/mol. The van der Waals surface area contributed by atoms with Crippen LogP contribution in [0.15, 0.2) is 6.20 Å². The third kappa shape index (κ3) is 2.73. The fourth-order valence-corrected chi connectivity index (χ4v) is 2.89. The van der Waals surface area contributed by atoms with Crippen LogP contribution in [-0.2, 0) is 5.54 Å². The topological polar surface area (TPSA) is 41.4 Å². The number of carbonyl (C=O) groups is 1. The summed E-state index contributed by atoms with van der Waals surface area (Å²) < 4.78 is 1.93. The molecule has 1 atom stereocenters. The number of carbonyl (C=O) groups excluding carboxylic acids is 1. The Labute approximate surface area is 121 Å². The molecule has 0 N–H and O–H groups in total. The molecular formula is C15H26N4O. The first kappa shape index (κ1) is 15.0. The minimum atomic E-state index is -0.101. The summed E-state index contributed by atoms with van der Waals surface area (Å²) in [5, 5.41) is 4.40. The van der Waals surface area contributed by atoms with Crippen molar-refractivity contribution in [3.63, 3.8) is 0 Å². The molecule has 0 saturated carbocycles. The van der Waals surface area contributed by atoms with Gasteiger partial charge >= 0.3 is 0 Å². The van der Waals surface area contributed by atoms with Gasteiger partial charge in [-0.2, -0.15) is 5.10 Å². The van der Waals surface area contributed by atoms with E-state index in [9.17, 15) is 4.79 Å². The zero-order valence-corrected chi connectivity index (χ0v) is 13.5. The summed E-state index contributed by atoms with van der Waals surface area (Å²) in [6.07, 6.45) is 1.72. The first-order chi connectivity index (χ1) is 9.21. The van der Waals surface area contributed by atoms with E-state index in [0.29, 0.717) is 0 Å². The molecule has 1 aromatic rings. The predicted octanol–water partition coefficient (Wildman–Crippen LogP) is 1.72. The van der Waals surface area contributed by atoms with Gasteiger partial charge in [-0.1, -0.05) is 0 Å². The second-order valence-electron chi connectivity index (χ2n) is 6.84. The number of rotatable bonds is 1. The molecule has 5 nitrogen and oxygen atoms in total.